The fraction of sp³-hybridized carbons (Fsp3) is 0.500. The lowest BCUT2D eigenvalue weighted by molar-refractivity contribution is 0.679. The van der Waals surface area contributed by atoms with Gasteiger partial charge in [0, 0.05) is 18.9 Å². The minimum Gasteiger partial charge on any atom is -0.322 e. The van der Waals surface area contributed by atoms with Gasteiger partial charge in [-0.3, -0.25) is 0 Å². The van der Waals surface area contributed by atoms with Crippen LogP contribution in [0.15, 0.2) is 12.4 Å². The molecule has 50 valence electrons. The van der Waals surface area contributed by atoms with Crippen LogP contribution < -0.4 is 0 Å². The SMILES string of the molecule is CCCn1ccnc1Cl. The molecule has 1 aromatic heterocycles. The number of halogens is 1. The zero-order valence-electron chi connectivity index (χ0n) is 5.34. The highest BCUT2D eigenvalue weighted by atomic mass is 35.5. The summed E-state index contributed by atoms with van der Waals surface area (Å²) in [7, 11) is 0. The summed E-state index contributed by atoms with van der Waals surface area (Å²) in [6.45, 7) is 3.06. The highest BCUT2D eigenvalue weighted by Gasteiger charge is 1.93. The van der Waals surface area contributed by atoms with E-state index in [9.17, 15) is 0 Å². The molecule has 0 N–H and O–H groups in total. The number of aryl methyl sites for hydroxylation is 1. The van der Waals surface area contributed by atoms with Crippen LogP contribution in [0.25, 0.3) is 0 Å². The fourth-order valence-corrected chi connectivity index (χ4v) is 0.916. The van der Waals surface area contributed by atoms with Gasteiger partial charge in [0.25, 0.3) is 0 Å². The Balaban J connectivity index is 2.69. The molecule has 0 saturated heterocycles. The van der Waals surface area contributed by atoms with Gasteiger partial charge in [0.1, 0.15) is 0 Å². The Morgan fingerprint density at radius 3 is 3.00 bits per heavy atom. The molecule has 0 aliphatic heterocycles. The van der Waals surface area contributed by atoms with E-state index in [-0.39, 0.29) is 0 Å². The van der Waals surface area contributed by atoms with Crippen molar-refractivity contribution in [3.63, 3.8) is 0 Å². The standard InChI is InChI=1S/C6H9ClN2/c1-2-4-9-5-3-8-6(9)7/h3,5H,2,4H2,1H3. The second-order valence-corrected chi connectivity index (χ2v) is 2.23. The molecule has 0 bridgehead atoms. The van der Waals surface area contributed by atoms with Crippen molar-refractivity contribution in [2.45, 2.75) is 19.9 Å². The van der Waals surface area contributed by atoms with Gasteiger partial charge < -0.3 is 4.57 Å². The molecule has 0 aliphatic rings. The Bertz CT molecular complexity index is 183. The molecule has 9 heavy (non-hydrogen) atoms. The first-order valence-electron chi connectivity index (χ1n) is 3.01. The number of hydrogen-bond acceptors (Lipinski definition) is 1. The lowest BCUT2D eigenvalue weighted by atomic mass is 10.5. The van der Waals surface area contributed by atoms with Crippen LogP contribution in [0.2, 0.25) is 5.28 Å². The van der Waals surface area contributed by atoms with Gasteiger partial charge in [0.15, 0.2) is 0 Å². The summed E-state index contributed by atoms with van der Waals surface area (Å²) in [6.07, 6.45) is 4.68. The normalized spacial score (nSPS) is 10.0. The van der Waals surface area contributed by atoms with Gasteiger partial charge in [-0.25, -0.2) is 4.98 Å². The van der Waals surface area contributed by atoms with Crippen molar-refractivity contribution in [3.8, 4) is 0 Å². The topological polar surface area (TPSA) is 17.8 Å². The first kappa shape index (κ1) is 6.62. The molecule has 0 aliphatic carbocycles. The fourth-order valence-electron chi connectivity index (χ4n) is 0.719. The van der Waals surface area contributed by atoms with E-state index in [1.165, 1.54) is 0 Å². The quantitative estimate of drug-likeness (QED) is 0.621. The van der Waals surface area contributed by atoms with Gasteiger partial charge in [0.2, 0.25) is 5.28 Å². The second kappa shape index (κ2) is 2.87. The average molecular weight is 145 g/mol. The average Bonchev–Trinajstić information content (AvgIpc) is 2.18. The highest BCUT2D eigenvalue weighted by molar-refractivity contribution is 6.28. The molecule has 0 spiro atoms. The van der Waals surface area contributed by atoms with Crippen LogP contribution in [0.4, 0.5) is 0 Å². The Kier molecular flexibility index (Phi) is 2.11. The molecule has 0 radical (unpaired) electrons. The second-order valence-electron chi connectivity index (χ2n) is 1.89. The van der Waals surface area contributed by atoms with E-state index >= 15 is 0 Å². The van der Waals surface area contributed by atoms with Crippen molar-refractivity contribution in [2.24, 2.45) is 0 Å². The molecule has 1 aromatic rings. The zero-order chi connectivity index (χ0) is 6.69. The van der Waals surface area contributed by atoms with Crippen molar-refractivity contribution in [1.82, 2.24) is 9.55 Å². The van der Waals surface area contributed by atoms with Crippen molar-refractivity contribution >= 4 is 11.6 Å². The molecule has 0 unspecified atom stereocenters. The third-order valence-corrected chi connectivity index (χ3v) is 1.44. The largest absolute Gasteiger partial charge is 0.322 e. The monoisotopic (exact) mass is 144 g/mol. The molecule has 1 heterocycles. The van der Waals surface area contributed by atoms with Crippen LogP contribution in [0.1, 0.15) is 13.3 Å². The van der Waals surface area contributed by atoms with Crippen LogP contribution in [-0.4, -0.2) is 9.55 Å². The van der Waals surface area contributed by atoms with Crippen molar-refractivity contribution in [3.05, 3.63) is 17.7 Å². The maximum atomic E-state index is 5.67. The van der Waals surface area contributed by atoms with Crippen LogP contribution >= 0.6 is 11.6 Å². The van der Waals surface area contributed by atoms with Crippen molar-refractivity contribution < 1.29 is 0 Å². The van der Waals surface area contributed by atoms with Gasteiger partial charge in [-0.1, -0.05) is 6.92 Å². The Morgan fingerprint density at radius 2 is 2.56 bits per heavy atom. The minimum atomic E-state index is 0.580. The van der Waals surface area contributed by atoms with E-state index in [1.54, 1.807) is 6.20 Å². The summed E-state index contributed by atoms with van der Waals surface area (Å²) in [5.74, 6) is 0. The van der Waals surface area contributed by atoms with Crippen LogP contribution in [-0.2, 0) is 6.54 Å². The first-order valence-corrected chi connectivity index (χ1v) is 3.39. The van der Waals surface area contributed by atoms with Crippen molar-refractivity contribution in [1.29, 1.82) is 0 Å². The summed E-state index contributed by atoms with van der Waals surface area (Å²) in [5.41, 5.74) is 0. The predicted octanol–water partition coefficient (Wildman–Crippen LogP) is 1.95. The zero-order valence-corrected chi connectivity index (χ0v) is 6.10. The van der Waals surface area contributed by atoms with Gasteiger partial charge in [-0.2, -0.15) is 0 Å². The molecule has 0 amide bonds. The van der Waals surface area contributed by atoms with E-state index < -0.39 is 0 Å². The molecule has 1 rings (SSSR count). The van der Waals surface area contributed by atoms with Crippen LogP contribution in [0.5, 0.6) is 0 Å². The van der Waals surface area contributed by atoms with Gasteiger partial charge in [-0.05, 0) is 18.0 Å². The van der Waals surface area contributed by atoms with Crippen LogP contribution in [0, 0.1) is 0 Å². The van der Waals surface area contributed by atoms with E-state index in [1.807, 2.05) is 10.8 Å². The van der Waals surface area contributed by atoms with Crippen molar-refractivity contribution in [2.75, 3.05) is 0 Å². The third kappa shape index (κ3) is 1.45. The first-order chi connectivity index (χ1) is 4.34. The van der Waals surface area contributed by atoms with E-state index in [4.69, 9.17) is 11.6 Å². The highest BCUT2D eigenvalue weighted by Crippen LogP contribution is 2.04. The molecule has 2 nitrogen and oxygen atoms in total. The van der Waals surface area contributed by atoms with Crippen LogP contribution in [0.3, 0.4) is 0 Å². The third-order valence-electron chi connectivity index (χ3n) is 1.13. The minimum absolute atomic E-state index is 0.580. The Hall–Kier alpha value is -0.500. The van der Waals surface area contributed by atoms with Gasteiger partial charge in [-0.15, -0.1) is 0 Å². The number of hydrogen-bond donors (Lipinski definition) is 0. The molecule has 0 fully saturated rings. The Morgan fingerprint density at radius 1 is 1.78 bits per heavy atom. The molecule has 3 heteroatoms. The van der Waals surface area contributed by atoms with E-state index in [2.05, 4.69) is 11.9 Å². The summed E-state index contributed by atoms with van der Waals surface area (Å²) in [5, 5.41) is 0.580. The lowest BCUT2D eigenvalue weighted by Gasteiger charge is -1.97. The summed E-state index contributed by atoms with van der Waals surface area (Å²) < 4.78 is 1.92. The molecular weight excluding hydrogens is 136 g/mol. The molecular formula is C6H9ClN2. The van der Waals surface area contributed by atoms with E-state index in [0.29, 0.717) is 5.28 Å². The molecule has 0 aromatic carbocycles. The Labute approximate surface area is 59.5 Å². The number of imidazole rings is 1. The van der Waals surface area contributed by atoms with Gasteiger partial charge >= 0.3 is 0 Å². The summed E-state index contributed by atoms with van der Waals surface area (Å²) in [4.78, 5) is 3.86. The lowest BCUT2D eigenvalue weighted by Crippen LogP contribution is -1.93. The van der Waals surface area contributed by atoms with Gasteiger partial charge in [0.05, 0.1) is 0 Å². The summed E-state index contributed by atoms with van der Waals surface area (Å²) in [6, 6.07) is 0. The maximum Gasteiger partial charge on any atom is 0.202 e. The molecule has 0 saturated carbocycles. The maximum absolute atomic E-state index is 5.67. The van der Waals surface area contributed by atoms with E-state index in [0.717, 1.165) is 13.0 Å². The predicted molar refractivity (Wildman–Crippen MR) is 37.5 cm³/mol. The smallest absolute Gasteiger partial charge is 0.202 e. The number of nitrogens with zero attached hydrogens (tertiary/aromatic N) is 2. The number of rotatable bonds is 2. The molecule has 0 atom stereocenters. The number of aromatic nitrogens is 2. The summed E-state index contributed by atoms with van der Waals surface area (Å²) >= 11 is 5.67.